The van der Waals surface area contributed by atoms with Crippen molar-refractivity contribution in [2.24, 2.45) is 0 Å². The van der Waals surface area contributed by atoms with Gasteiger partial charge in [0.1, 0.15) is 17.3 Å². The Bertz CT molecular complexity index is 1190. The highest BCUT2D eigenvalue weighted by Gasteiger charge is 2.25. The number of nitrogen functional groups attached to an aromatic ring is 1. The normalized spacial score (nSPS) is 14.7. The number of hydrogen-bond acceptors (Lipinski definition) is 8. The highest BCUT2D eigenvalue weighted by Crippen LogP contribution is 2.34. The molecular weight excluding hydrogens is 488 g/mol. The van der Waals surface area contributed by atoms with Crippen molar-refractivity contribution in [2.45, 2.75) is 19.4 Å². The number of rotatable bonds is 9. The number of benzene rings is 2. The third-order valence-corrected chi connectivity index (χ3v) is 6.62. The first-order chi connectivity index (χ1) is 17.0. The predicted molar refractivity (Wildman–Crippen MR) is 140 cm³/mol. The highest BCUT2D eigenvalue weighted by atomic mass is 35.5. The molecule has 3 aromatic rings. The van der Waals surface area contributed by atoms with Gasteiger partial charge >= 0.3 is 0 Å². The van der Waals surface area contributed by atoms with E-state index >= 15 is 0 Å². The van der Waals surface area contributed by atoms with E-state index in [4.69, 9.17) is 31.5 Å². The number of carbonyl (C=O) groups is 1. The monoisotopic (exact) mass is 516 g/mol. The number of nitrogens with zero attached hydrogens (tertiary/aromatic N) is 3. The molecule has 10 heteroatoms. The van der Waals surface area contributed by atoms with E-state index in [1.54, 1.807) is 35.7 Å². The van der Waals surface area contributed by atoms with Gasteiger partial charge in [-0.2, -0.15) is 11.8 Å². The Morgan fingerprint density at radius 1 is 1.23 bits per heavy atom. The lowest BCUT2D eigenvalue weighted by Gasteiger charge is -2.29. The van der Waals surface area contributed by atoms with E-state index in [9.17, 15) is 4.79 Å². The zero-order valence-electron chi connectivity index (χ0n) is 19.8. The van der Waals surface area contributed by atoms with Gasteiger partial charge < -0.3 is 24.8 Å². The lowest BCUT2D eigenvalue weighted by atomic mass is 10.1. The highest BCUT2D eigenvalue weighted by molar-refractivity contribution is 7.98. The summed E-state index contributed by atoms with van der Waals surface area (Å²) in [6.07, 6.45) is 2.34. The quantitative estimate of drug-likeness (QED) is 0.420. The zero-order chi connectivity index (χ0) is 24.8. The van der Waals surface area contributed by atoms with E-state index in [-0.39, 0.29) is 11.7 Å². The average molecular weight is 517 g/mol. The molecule has 35 heavy (non-hydrogen) atoms. The summed E-state index contributed by atoms with van der Waals surface area (Å²) in [4.78, 5) is 23.7. The van der Waals surface area contributed by atoms with Crippen molar-refractivity contribution >= 4 is 46.0 Å². The number of aromatic nitrogens is 2. The summed E-state index contributed by atoms with van der Waals surface area (Å²) in [7, 11) is 0. The lowest BCUT2D eigenvalue weighted by Crippen LogP contribution is -2.46. The van der Waals surface area contributed by atoms with Gasteiger partial charge in [-0.3, -0.25) is 4.79 Å². The van der Waals surface area contributed by atoms with Crippen LogP contribution in [0.4, 0.5) is 5.82 Å². The molecule has 1 amide bonds. The Kier molecular flexibility index (Phi) is 8.54. The molecule has 1 fully saturated rings. The molecular formula is C25H29ClN4O4S. The van der Waals surface area contributed by atoms with Gasteiger partial charge in [-0.1, -0.05) is 17.7 Å². The van der Waals surface area contributed by atoms with Gasteiger partial charge in [0.05, 0.1) is 35.7 Å². The second kappa shape index (κ2) is 11.8. The molecule has 1 atom stereocenters. The van der Waals surface area contributed by atoms with Gasteiger partial charge in [0.15, 0.2) is 11.9 Å². The van der Waals surface area contributed by atoms with E-state index < -0.39 is 6.10 Å². The van der Waals surface area contributed by atoms with E-state index in [1.165, 1.54) is 0 Å². The summed E-state index contributed by atoms with van der Waals surface area (Å²) in [5, 5.41) is 1.05. The minimum Gasteiger partial charge on any atom is -0.492 e. The summed E-state index contributed by atoms with van der Waals surface area (Å²) >= 11 is 8.23. The van der Waals surface area contributed by atoms with Crippen LogP contribution in [-0.4, -0.2) is 71.8 Å². The van der Waals surface area contributed by atoms with Gasteiger partial charge in [-0.05, 0) is 55.7 Å². The number of fused-ring (bicyclic) bond motifs is 1. The first-order valence-electron chi connectivity index (χ1n) is 11.5. The van der Waals surface area contributed by atoms with Crippen molar-refractivity contribution in [3.05, 3.63) is 41.4 Å². The molecule has 2 aromatic carbocycles. The lowest BCUT2D eigenvalue weighted by molar-refractivity contribution is -0.142. The SMILES string of the molecule is CSCCCOc1ccc(-c2nc(N)c3c(O[C@H](C)C(=O)N4CCOCC4)cccc3n2)cc1Cl. The van der Waals surface area contributed by atoms with Crippen molar-refractivity contribution in [3.63, 3.8) is 0 Å². The van der Waals surface area contributed by atoms with Crippen molar-refractivity contribution in [3.8, 4) is 22.9 Å². The van der Waals surface area contributed by atoms with Gasteiger partial charge in [-0.15, -0.1) is 0 Å². The van der Waals surface area contributed by atoms with Crippen LogP contribution in [0.25, 0.3) is 22.3 Å². The maximum atomic E-state index is 12.8. The molecule has 0 bridgehead atoms. The van der Waals surface area contributed by atoms with Gasteiger partial charge in [0.25, 0.3) is 5.91 Å². The molecule has 0 spiro atoms. The first-order valence-corrected chi connectivity index (χ1v) is 13.3. The maximum absolute atomic E-state index is 12.8. The first kappa shape index (κ1) is 25.3. The van der Waals surface area contributed by atoms with Crippen LogP contribution in [0.15, 0.2) is 36.4 Å². The maximum Gasteiger partial charge on any atom is 0.263 e. The molecule has 4 rings (SSSR count). The summed E-state index contributed by atoms with van der Waals surface area (Å²) < 4.78 is 17.1. The van der Waals surface area contributed by atoms with Crippen LogP contribution in [0.3, 0.4) is 0 Å². The fraction of sp³-hybridized carbons (Fsp3) is 0.400. The minimum absolute atomic E-state index is 0.0909. The molecule has 1 aliphatic heterocycles. The van der Waals surface area contributed by atoms with Crippen LogP contribution >= 0.6 is 23.4 Å². The average Bonchev–Trinajstić information content (AvgIpc) is 2.87. The molecule has 2 heterocycles. The summed E-state index contributed by atoms with van der Waals surface area (Å²) in [5.41, 5.74) is 7.69. The van der Waals surface area contributed by atoms with Crippen molar-refractivity contribution in [1.82, 2.24) is 14.9 Å². The van der Waals surface area contributed by atoms with Crippen LogP contribution in [0.1, 0.15) is 13.3 Å². The fourth-order valence-corrected chi connectivity index (χ4v) is 4.47. The fourth-order valence-electron chi connectivity index (χ4n) is 3.83. The van der Waals surface area contributed by atoms with Gasteiger partial charge in [0, 0.05) is 18.7 Å². The molecule has 8 nitrogen and oxygen atoms in total. The van der Waals surface area contributed by atoms with E-state index in [2.05, 4.69) is 16.2 Å². The van der Waals surface area contributed by atoms with Crippen LogP contribution < -0.4 is 15.2 Å². The molecule has 1 saturated heterocycles. The number of hydrogen-bond donors (Lipinski definition) is 1. The Hall–Kier alpha value is -2.75. The second-order valence-corrected chi connectivity index (χ2v) is 9.51. The molecule has 1 aliphatic rings. The summed E-state index contributed by atoms with van der Waals surface area (Å²) in [6.45, 7) is 4.52. The second-order valence-electron chi connectivity index (χ2n) is 8.12. The third-order valence-electron chi connectivity index (χ3n) is 5.63. The van der Waals surface area contributed by atoms with Crippen molar-refractivity contribution in [1.29, 1.82) is 0 Å². The molecule has 1 aromatic heterocycles. The minimum atomic E-state index is -0.681. The van der Waals surface area contributed by atoms with Crippen LogP contribution in [0.2, 0.25) is 5.02 Å². The van der Waals surface area contributed by atoms with Crippen molar-refractivity contribution in [2.75, 3.05) is 50.7 Å². The Labute approximate surface area is 214 Å². The van der Waals surface area contributed by atoms with E-state index in [1.807, 2.05) is 24.3 Å². The van der Waals surface area contributed by atoms with Crippen LogP contribution in [0, 0.1) is 0 Å². The van der Waals surface area contributed by atoms with Gasteiger partial charge in [-0.25, -0.2) is 9.97 Å². The molecule has 0 saturated carbocycles. The molecule has 186 valence electrons. The zero-order valence-corrected chi connectivity index (χ0v) is 21.4. The number of ether oxygens (including phenoxy) is 3. The van der Waals surface area contributed by atoms with E-state index in [0.717, 1.165) is 17.7 Å². The van der Waals surface area contributed by atoms with Crippen molar-refractivity contribution < 1.29 is 19.0 Å². The Morgan fingerprint density at radius 2 is 2.03 bits per heavy atom. The summed E-state index contributed by atoms with van der Waals surface area (Å²) in [6, 6.07) is 10.9. The number of halogens is 1. The molecule has 0 aliphatic carbocycles. The Balaban J connectivity index is 1.54. The molecule has 2 N–H and O–H groups in total. The molecule has 0 radical (unpaired) electrons. The van der Waals surface area contributed by atoms with Gasteiger partial charge in [0.2, 0.25) is 0 Å². The number of morpholine rings is 1. The topological polar surface area (TPSA) is 99.8 Å². The number of carbonyl (C=O) groups excluding carboxylic acids is 1. The molecule has 0 unspecified atom stereocenters. The number of thioether (sulfide) groups is 1. The van der Waals surface area contributed by atoms with Crippen LogP contribution in [-0.2, 0) is 9.53 Å². The smallest absolute Gasteiger partial charge is 0.263 e. The summed E-state index contributed by atoms with van der Waals surface area (Å²) in [5.74, 6) is 2.74. The largest absolute Gasteiger partial charge is 0.492 e. The predicted octanol–water partition coefficient (Wildman–Crippen LogP) is 4.29. The number of amides is 1. The number of nitrogens with two attached hydrogens (primary N) is 1. The number of anilines is 1. The van der Waals surface area contributed by atoms with Crippen LogP contribution in [0.5, 0.6) is 11.5 Å². The van der Waals surface area contributed by atoms with E-state index in [0.29, 0.717) is 66.2 Å². The third kappa shape index (κ3) is 6.09. The Morgan fingerprint density at radius 3 is 2.77 bits per heavy atom. The standard InChI is InChI=1S/C25H29ClN4O4S/c1-16(25(31)30-9-12-32-13-10-30)34-21-6-3-5-19-22(21)23(27)29-24(28-19)17-7-8-20(18(26)15-17)33-11-4-14-35-2/h3,5-8,15-16H,4,9-14H2,1-2H3,(H2,27,28,29)/t16-/m1/s1.